The Bertz CT molecular complexity index is 367. The number of nitrogens with two attached hydrogens (primary N) is 1. The average molecular weight is 197 g/mol. The summed E-state index contributed by atoms with van der Waals surface area (Å²) in [5.74, 6) is -0.853. The third kappa shape index (κ3) is 1.73. The van der Waals surface area contributed by atoms with Gasteiger partial charge in [-0.15, -0.1) is 0 Å². The average Bonchev–Trinajstić information content (AvgIpc) is 2.06. The summed E-state index contributed by atoms with van der Waals surface area (Å²) in [5, 5.41) is 9.50. The zero-order valence-corrected chi connectivity index (χ0v) is 8.98. The molecule has 2 nitrogen and oxygen atoms in total. The molecular weight excluding hydrogens is 181 g/mol. The van der Waals surface area contributed by atoms with Crippen LogP contribution >= 0.6 is 0 Å². The first-order valence-electron chi connectivity index (χ1n) is 4.53. The summed E-state index contributed by atoms with van der Waals surface area (Å²) < 4.78 is 13.3. The molecule has 0 saturated heterocycles. The standard InChI is InChI=1S/C11H16FNO/c1-6-5-8(11(3,4)13)7(2)10(14)9(6)12/h5,14H,13H2,1-4H3. The lowest BCUT2D eigenvalue weighted by molar-refractivity contribution is 0.420. The number of phenols is 1. The van der Waals surface area contributed by atoms with Gasteiger partial charge in [0.25, 0.3) is 0 Å². The molecule has 0 bridgehead atoms. The van der Waals surface area contributed by atoms with Gasteiger partial charge in [0.05, 0.1) is 0 Å². The van der Waals surface area contributed by atoms with E-state index in [1.165, 1.54) is 0 Å². The third-order valence-electron chi connectivity index (χ3n) is 2.37. The van der Waals surface area contributed by atoms with Crippen LogP contribution in [0.5, 0.6) is 5.75 Å². The summed E-state index contributed by atoms with van der Waals surface area (Å²) in [7, 11) is 0. The molecule has 1 aromatic rings. The minimum Gasteiger partial charge on any atom is -0.505 e. The van der Waals surface area contributed by atoms with E-state index in [9.17, 15) is 9.50 Å². The van der Waals surface area contributed by atoms with Gasteiger partial charge in [0.2, 0.25) is 0 Å². The monoisotopic (exact) mass is 197 g/mol. The van der Waals surface area contributed by atoms with E-state index in [0.717, 1.165) is 5.56 Å². The van der Waals surface area contributed by atoms with Crippen LogP contribution < -0.4 is 5.73 Å². The zero-order valence-electron chi connectivity index (χ0n) is 8.98. The third-order valence-corrected chi connectivity index (χ3v) is 2.37. The first kappa shape index (κ1) is 11.0. The normalized spacial score (nSPS) is 11.9. The van der Waals surface area contributed by atoms with Crippen molar-refractivity contribution in [3.63, 3.8) is 0 Å². The second-order valence-electron chi connectivity index (χ2n) is 4.25. The highest BCUT2D eigenvalue weighted by Gasteiger charge is 2.21. The van der Waals surface area contributed by atoms with E-state index < -0.39 is 11.4 Å². The number of phenolic OH excluding ortho intramolecular Hbond substituents is 1. The molecule has 3 heteroatoms. The second kappa shape index (κ2) is 3.24. The molecule has 0 aliphatic rings. The van der Waals surface area contributed by atoms with Gasteiger partial charge in [0, 0.05) is 5.54 Å². The molecule has 0 aliphatic carbocycles. The van der Waals surface area contributed by atoms with Crippen molar-refractivity contribution in [2.45, 2.75) is 33.2 Å². The fourth-order valence-corrected chi connectivity index (χ4v) is 1.54. The molecule has 1 aromatic carbocycles. The van der Waals surface area contributed by atoms with E-state index in [1.54, 1.807) is 19.9 Å². The zero-order chi connectivity index (χ0) is 11.1. The topological polar surface area (TPSA) is 46.2 Å². The quantitative estimate of drug-likeness (QED) is 0.725. The molecule has 0 radical (unpaired) electrons. The minimum absolute atomic E-state index is 0.293. The summed E-state index contributed by atoms with van der Waals surface area (Å²) in [4.78, 5) is 0. The van der Waals surface area contributed by atoms with Crippen LogP contribution in [0.25, 0.3) is 0 Å². The van der Waals surface area contributed by atoms with Gasteiger partial charge in [-0.1, -0.05) is 6.07 Å². The van der Waals surface area contributed by atoms with Crippen LogP contribution in [0.2, 0.25) is 0 Å². The van der Waals surface area contributed by atoms with Gasteiger partial charge in [0.15, 0.2) is 11.6 Å². The SMILES string of the molecule is Cc1cc(C(C)(C)N)c(C)c(O)c1F. The molecule has 0 spiro atoms. The predicted octanol–water partition coefficient (Wildman–Crippen LogP) is 2.34. The number of halogens is 1. The Hall–Kier alpha value is -1.09. The second-order valence-corrected chi connectivity index (χ2v) is 4.25. The van der Waals surface area contributed by atoms with E-state index in [0.29, 0.717) is 11.1 Å². The molecule has 3 N–H and O–H groups in total. The van der Waals surface area contributed by atoms with Crippen molar-refractivity contribution < 1.29 is 9.50 Å². The van der Waals surface area contributed by atoms with Crippen LogP contribution in [0.4, 0.5) is 4.39 Å². The van der Waals surface area contributed by atoms with Crippen LogP contribution in [-0.2, 0) is 5.54 Å². The Morgan fingerprint density at radius 2 is 1.86 bits per heavy atom. The van der Waals surface area contributed by atoms with Gasteiger partial charge in [-0.25, -0.2) is 4.39 Å². The van der Waals surface area contributed by atoms with E-state index in [1.807, 2.05) is 13.8 Å². The largest absolute Gasteiger partial charge is 0.505 e. The number of rotatable bonds is 1. The van der Waals surface area contributed by atoms with Crippen molar-refractivity contribution in [2.24, 2.45) is 5.73 Å². The lowest BCUT2D eigenvalue weighted by atomic mass is 9.89. The maximum Gasteiger partial charge on any atom is 0.167 e. The number of hydrogen-bond acceptors (Lipinski definition) is 2. The number of hydrogen-bond donors (Lipinski definition) is 2. The molecule has 0 saturated carbocycles. The molecule has 0 amide bonds. The Balaban J connectivity index is 3.49. The Morgan fingerprint density at radius 3 is 2.29 bits per heavy atom. The van der Waals surface area contributed by atoms with E-state index in [-0.39, 0.29) is 5.75 Å². The van der Waals surface area contributed by atoms with E-state index >= 15 is 0 Å². The van der Waals surface area contributed by atoms with Gasteiger partial charge in [-0.3, -0.25) is 0 Å². The van der Waals surface area contributed by atoms with Gasteiger partial charge in [0.1, 0.15) is 0 Å². The van der Waals surface area contributed by atoms with Gasteiger partial charge >= 0.3 is 0 Å². The van der Waals surface area contributed by atoms with Gasteiger partial charge < -0.3 is 10.8 Å². The van der Waals surface area contributed by atoms with Crippen molar-refractivity contribution >= 4 is 0 Å². The van der Waals surface area contributed by atoms with Crippen LogP contribution in [0, 0.1) is 19.7 Å². The Morgan fingerprint density at radius 1 is 1.36 bits per heavy atom. The lowest BCUT2D eigenvalue weighted by Crippen LogP contribution is -2.29. The fourth-order valence-electron chi connectivity index (χ4n) is 1.54. The van der Waals surface area contributed by atoms with Gasteiger partial charge in [-0.2, -0.15) is 0 Å². The number of aryl methyl sites for hydroxylation is 1. The fraction of sp³-hybridized carbons (Fsp3) is 0.455. The molecule has 14 heavy (non-hydrogen) atoms. The maximum absolute atomic E-state index is 13.3. The summed E-state index contributed by atoms with van der Waals surface area (Å²) in [6.45, 7) is 6.93. The highest BCUT2D eigenvalue weighted by Crippen LogP contribution is 2.31. The smallest absolute Gasteiger partial charge is 0.167 e. The summed E-state index contributed by atoms with van der Waals surface area (Å²) in [5.41, 5.74) is 7.05. The van der Waals surface area contributed by atoms with Crippen molar-refractivity contribution in [1.82, 2.24) is 0 Å². The molecule has 0 aliphatic heterocycles. The molecule has 0 aromatic heterocycles. The molecule has 0 atom stereocenters. The number of aromatic hydroxyl groups is 1. The van der Waals surface area contributed by atoms with Crippen LogP contribution in [-0.4, -0.2) is 5.11 Å². The molecule has 0 unspecified atom stereocenters. The van der Waals surface area contributed by atoms with Gasteiger partial charge in [-0.05, 0) is 44.4 Å². The van der Waals surface area contributed by atoms with Crippen molar-refractivity contribution in [3.05, 3.63) is 28.6 Å². The molecular formula is C11H16FNO. The molecule has 1 rings (SSSR count). The summed E-state index contributed by atoms with van der Waals surface area (Å²) >= 11 is 0. The van der Waals surface area contributed by atoms with Crippen LogP contribution in [0.15, 0.2) is 6.07 Å². The highest BCUT2D eigenvalue weighted by molar-refractivity contribution is 5.45. The van der Waals surface area contributed by atoms with E-state index in [2.05, 4.69) is 0 Å². The minimum atomic E-state index is -0.569. The highest BCUT2D eigenvalue weighted by atomic mass is 19.1. The van der Waals surface area contributed by atoms with Crippen molar-refractivity contribution in [3.8, 4) is 5.75 Å². The molecule has 0 heterocycles. The summed E-state index contributed by atoms with van der Waals surface area (Å²) in [6.07, 6.45) is 0. The number of benzene rings is 1. The van der Waals surface area contributed by atoms with E-state index in [4.69, 9.17) is 5.73 Å². The van der Waals surface area contributed by atoms with Crippen molar-refractivity contribution in [1.29, 1.82) is 0 Å². The lowest BCUT2D eigenvalue weighted by Gasteiger charge is -2.23. The Labute approximate surface area is 83.6 Å². The first-order chi connectivity index (χ1) is 6.25. The maximum atomic E-state index is 13.3. The van der Waals surface area contributed by atoms with Crippen LogP contribution in [0.1, 0.15) is 30.5 Å². The van der Waals surface area contributed by atoms with Crippen LogP contribution in [0.3, 0.4) is 0 Å². The predicted molar refractivity (Wildman–Crippen MR) is 54.8 cm³/mol. The molecule has 78 valence electrons. The Kier molecular flexibility index (Phi) is 2.54. The van der Waals surface area contributed by atoms with Crippen molar-refractivity contribution in [2.75, 3.05) is 0 Å². The first-order valence-corrected chi connectivity index (χ1v) is 4.53. The molecule has 0 fully saturated rings. The summed E-state index contributed by atoms with van der Waals surface area (Å²) in [6, 6.07) is 1.68.